The predicted molar refractivity (Wildman–Crippen MR) is 72.3 cm³/mol. The van der Waals surface area contributed by atoms with Crippen LogP contribution in [-0.4, -0.2) is 15.9 Å². The van der Waals surface area contributed by atoms with Gasteiger partial charge in [-0.2, -0.15) is 0 Å². The molecule has 0 saturated heterocycles. The Balaban J connectivity index is 3.00. The van der Waals surface area contributed by atoms with Gasteiger partial charge in [0.2, 0.25) is 0 Å². The van der Waals surface area contributed by atoms with Gasteiger partial charge >= 0.3 is 0 Å². The third-order valence-corrected chi connectivity index (χ3v) is 2.62. The Morgan fingerprint density at radius 1 is 1.16 bits per heavy atom. The summed E-state index contributed by atoms with van der Waals surface area (Å²) in [6.07, 6.45) is 0.855. The van der Waals surface area contributed by atoms with Gasteiger partial charge in [-0.25, -0.2) is 0 Å². The zero-order valence-corrected chi connectivity index (χ0v) is 11.1. The molecular weight excluding hydrogens is 250 g/mol. The van der Waals surface area contributed by atoms with E-state index in [0.29, 0.717) is 11.6 Å². The number of nitro benzene ring substituents is 2. The van der Waals surface area contributed by atoms with E-state index >= 15 is 0 Å². The maximum Gasteiger partial charge on any atom is 0.299 e. The van der Waals surface area contributed by atoms with Gasteiger partial charge in [0.05, 0.1) is 15.9 Å². The minimum Gasteiger partial charge on any atom is -0.377 e. The molecule has 0 aromatic heterocycles. The van der Waals surface area contributed by atoms with Crippen LogP contribution in [0, 0.1) is 26.1 Å². The van der Waals surface area contributed by atoms with Crippen molar-refractivity contribution in [1.29, 1.82) is 0 Å². The van der Waals surface area contributed by atoms with Crippen LogP contribution in [0.2, 0.25) is 0 Å². The van der Waals surface area contributed by atoms with Crippen LogP contribution in [0.15, 0.2) is 18.2 Å². The fourth-order valence-electron chi connectivity index (χ4n) is 1.94. The molecule has 19 heavy (non-hydrogen) atoms. The summed E-state index contributed by atoms with van der Waals surface area (Å²) in [6.45, 7) is 6.04. The molecule has 7 heteroatoms. The Kier molecular flexibility index (Phi) is 4.80. The fourth-order valence-corrected chi connectivity index (χ4v) is 1.94. The summed E-state index contributed by atoms with van der Waals surface area (Å²) in [4.78, 5) is 20.3. The van der Waals surface area contributed by atoms with E-state index in [9.17, 15) is 20.2 Å². The van der Waals surface area contributed by atoms with Crippen LogP contribution in [0.5, 0.6) is 0 Å². The monoisotopic (exact) mass is 267 g/mol. The number of non-ortho nitro benzene ring substituents is 1. The van der Waals surface area contributed by atoms with Crippen molar-refractivity contribution in [3.05, 3.63) is 38.4 Å². The van der Waals surface area contributed by atoms with Crippen molar-refractivity contribution in [3.63, 3.8) is 0 Å². The largest absolute Gasteiger partial charge is 0.377 e. The van der Waals surface area contributed by atoms with Crippen LogP contribution in [0.4, 0.5) is 17.1 Å². The first kappa shape index (κ1) is 14.9. The first-order valence-electron chi connectivity index (χ1n) is 6.00. The van der Waals surface area contributed by atoms with Crippen molar-refractivity contribution in [2.75, 3.05) is 5.32 Å². The van der Waals surface area contributed by atoms with Gasteiger partial charge in [0, 0.05) is 12.1 Å². The lowest BCUT2D eigenvalue weighted by Gasteiger charge is -2.17. The quantitative estimate of drug-likeness (QED) is 0.629. The van der Waals surface area contributed by atoms with E-state index in [4.69, 9.17) is 0 Å². The van der Waals surface area contributed by atoms with Crippen molar-refractivity contribution in [2.24, 2.45) is 5.92 Å². The molecule has 0 saturated carbocycles. The van der Waals surface area contributed by atoms with Crippen LogP contribution in [0.3, 0.4) is 0 Å². The summed E-state index contributed by atoms with van der Waals surface area (Å²) in [5, 5.41) is 24.6. The highest BCUT2D eigenvalue weighted by Crippen LogP contribution is 2.29. The van der Waals surface area contributed by atoms with E-state index in [1.807, 2.05) is 6.92 Å². The standard InChI is InChI=1S/C12H17N3O4/c1-8(2)6-9(3)13-11-5-4-10(14(16)17)7-12(11)15(18)19/h4-5,7-9,13H,6H2,1-3H3. The Labute approximate surface area is 110 Å². The molecule has 1 atom stereocenters. The molecule has 7 nitrogen and oxygen atoms in total. The second-order valence-electron chi connectivity index (χ2n) is 4.89. The zero-order valence-electron chi connectivity index (χ0n) is 11.1. The van der Waals surface area contributed by atoms with Gasteiger partial charge in [0.25, 0.3) is 11.4 Å². The minimum absolute atomic E-state index is 0.0557. The van der Waals surface area contributed by atoms with Gasteiger partial charge in [0.1, 0.15) is 5.69 Å². The summed E-state index contributed by atoms with van der Waals surface area (Å²) >= 11 is 0. The predicted octanol–water partition coefficient (Wildman–Crippen LogP) is 3.35. The van der Waals surface area contributed by atoms with Gasteiger partial charge in [-0.05, 0) is 25.3 Å². The zero-order chi connectivity index (χ0) is 14.6. The van der Waals surface area contributed by atoms with Gasteiger partial charge in [-0.15, -0.1) is 0 Å². The highest BCUT2D eigenvalue weighted by molar-refractivity contribution is 5.65. The number of benzene rings is 1. The average Bonchev–Trinajstić information content (AvgIpc) is 2.27. The van der Waals surface area contributed by atoms with Crippen LogP contribution in [0.25, 0.3) is 0 Å². The molecule has 1 rings (SSSR count). The summed E-state index contributed by atoms with van der Waals surface area (Å²) in [7, 11) is 0. The molecule has 104 valence electrons. The maximum atomic E-state index is 10.9. The second kappa shape index (κ2) is 6.12. The number of hydrogen-bond acceptors (Lipinski definition) is 5. The number of nitro groups is 2. The molecule has 1 N–H and O–H groups in total. The van der Waals surface area contributed by atoms with Crippen molar-refractivity contribution >= 4 is 17.1 Å². The maximum absolute atomic E-state index is 10.9. The molecule has 0 aliphatic carbocycles. The lowest BCUT2D eigenvalue weighted by molar-refractivity contribution is -0.393. The molecule has 0 radical (unpaired) electrons. The Hall–Kier alpha value is -2.18. The van der Waals surface area contributed by atoms with Gasteiger partial charge < -0.3 is 5.32 Å². The first-order chi connectivity index (χ1) is 8.81. The first-order valence-corrected chi connectivity index (χ1v) is 6.00. The highest BCUT2D eigenvalue weighted by Gasteiger charge is 2.20. The van der Waals surface area contributed by atoms with E-state index in [1.54, 1.807) is 0 Å². The third kappa shape index (κ3) is 4.20. The van der Waals surface area contributed by atoms with E-state index in [1.165, 1.54) is 12.1 Å². The summed E-state index contributed by atoms with van der Waals surface area (Å²) in [5.74, 6) is 0.458. The van der Waals surface area contributed by atoms with Crippen molar-refractivity contribution in [3.8, 4) is 0 Å². The molecule has 1 unspecified atom stereocenters. The average molecular weight is 267 g/mol. The minimum atomic E-state index is -0.645. The fraction of sp³-hybridized carbons (Fsp3) is 0.500. The van der Waals surface area contributed by atoms with E-state index in [2.05, 4.69) is 19.2 Å². The van der Waals surface area contributed by atoms with E-state index < -0.39 is 9.85 Å². The van der Waals surface area contributed by atoms with E-state index in [0.717, 1.165) is 12.5 Å². The van der Waals surface area contributed by atoms with Gasteiger partial charge in [-0.3, -0.25) is 20.2 Å². The Bertz CT molecular complexity index is 488. The topological polar surface area (TPSA) is 98.3 Å². The van der Waals surface area contributed by atoms with E-state index in [-0.39, 0.29) is 17.4 Å². The smallest absolute Gasteiger partial charge is 0.299 e. The van der Waals surface area contributed by atoms with Gasteiger partial charge in [0.15, 0.2) is 0 Å². The molecule has 0 aliphatic rings. The number of hydrogen-bond donors (Lipinski definition) is 1. The molecular formula is C12H17N3O4. The normalized spacial score (nSPS) is 12.2. The molecule has 0 bridgehead atoms. The number of rotatable bonds is 6. The molecule has 0 amide bonds. The summed E-state index contributed by atoms with van der Waals surface area (Å²) in [5.41, 5.74) is -0.248. The lowest BCUT2D eigenvalue weighted by Crippen LogP contribution is -2.18. The van der Waals surface area contributed by atoms with Crippen molar-refractivity contribution in [2.45, 2.75) is 33.2 Å². The van der Waals surface area contributed by atoms with Crippen LogP contribution in [0.1, 0.15) is 27.2 Å². The van der Waals surface area contributed by atoms with Crippen LogP contribution < -0.4 is 5.32 Å². The molecule has 1 aromatic rings. The molecule has 0 aliphatic heterocycles. The van der Waals surface area contributed by atoms with Crippen LogP contribution >= 0.6 is 0 Å². The third-order valence-electron chi connectivity index (χ3n) is 2.62. The lowest BCUT2D eigenvalue weighted by atomic mass is 10.0. The van der Waals surface area contributed by atoms with Crippen molar-refractivity contribution < 1.29 is 9.85 Å². The molecule has 0 heterocycles. The number of nitrogens with zero attached hydrogens (tertiary/aromatic N) is 2. The number of nitrogens with one attached hydrogen (secondary N) is 1. The van der Waals surface area contributed by atoms with Gasteiger partial charge in [-0.1, -0.05) is 13.8 Å². The Morgan fingerprint density at radius 3 is 2.26 bits per heavy atom. The Morgan fingerprint density at radius 2 is 1.79 bits per heavy atom. The summed E-state index contributed by atoms with van der Waals surface area (Å²) < 4.78 is 0. The highest BCUT2D eigenvalue weighted by atomic mass is 16.6. The molecule has 0 fully saturated rings. The number of anilines is 1. The SMILES string of the molecule is CC(C)CC(C)Nc1ccc([N+](=O)[O-])cc1[N+](=O)[O-]. The second-order valence-corrected chi connectivity index (χ2v) is 4.89. The molecule has 1 aromatic carbocycles. The van der Waals surface area contributed by atoms with Crippen LogP contribution in [-0.2, 0) is 0 Å². The molecule has 0 spiro atoms. The summed E-state index contributed by atoms with van der Waals surface area (Å²) in [6, 6.07) is 3.68. The van der Waals surface area contributed by atoms with Crippen molar-refractivity contribution in [1.82, 2.24) is 0 Å².